The quantitative estimate of drug-likeness (QED) is 0.576. The average Bonchev–Trinajstić information content (AvgIpc) is 2.36. The maximum Gasteiger partial charge on any atom is 0.150 e. The minimum absolute atomic E-state index is 0.617. The molecule has 0 amide bonds. The number of benzene rings is 2. The first-order valence-corrected chi connectivity index (χ1v) is 7.68. The van der Waals surface area contributed by atoms with Gasteiger partial charge in [0.2, 0.25) is 0 Å². The van der Waals surface area contributed by atoms with Gasteiger partial charge in [0, 0.05) is 15.4 Å². The first-order valence-electron chi connectivity index (χ1n) is 5.39. The van der Waals surface area contributed by atoms with E-state index in [9.17, 15) is 0 Å². The SMILES string of the molecule is Cc1ccc(Br)cc1Oc1c(Cl)cccc1CBr. The number of halogens is 3. The molecule has 0 radical (unpaired) electrons. The smallest absolute Gasteiger partial charge is 0.150 e. The summed E-state index contributed by atoms with van der Waals surface area (Å²) in [6, 6.07) is 11.7. The minimum atomic E-state index is 0.617. The number of para-hydroxylation sites is 1. The van der Waals surface area contributed by atoms with Crippen molar-refractivity contribution < 1.29 is 4.74 Å². The molecule has 2 rings (SSSR count). The van der Waals surface area contributed by atoms with Crippen molar-refractivity contribution in [1.29, 1.82) is 0 Å². The Balaban J connectivity index is 2.42. The molecule has 0 saturated heterocycles. The summed E-state index contributed by atoms with van der Waals surface area (Å²) in [6.07, 6.45) is 0. The molecule has 94 valence electrons. The minimum Gasteiger partial charge on any atom is -0.455 e. The van der Waals surface area contributed by atoms with Gasteiger partial charge in [-0.05, 0) is 30.7 Å². The lowest BCUT2D eigenvalue weighted by Crippen LogP contribution is -1.92. The largest absolute Gasteiger partial charge is 0.455 e. The van der Waals surface area contributed by atoms with Crippen LogP contribution in [0.2, 0.25) is 5.02 Å². The number of alkyl halides is 1. The van der Waals surface area contributed by atoms with Crippen molar-refractivity contribution in [2.24, 2.45) is 0 Å². The summed E-state index contributed by atoms with van der Waals surface area (Å²) >= 11 is 13.1. The molecule has 0 atom stereocenters. The molecule has 0 heterocycles. The van der Waals surface area contributed by atoms with E-state index in [1.165, 1.54) is 0 Å². The van der Waals surface area contributed by atoms with E-state index in [1.54, 1.807) is 0 Å². The van der Waals surface area contributed by atoms with Crippen LogP contribution in [0, 0.1) is 6.92 Å². The van der Waals surface area contributed by atoms with Crippen LogP contribution in [0.1, 0.15) is 11.1 Å². The van der Waals surface area contributed by atoms with Crippen LogP contribution in [0.25, 0.3) is 0 Å². The third-order valence-corrected chi connectivity index (χ3v) is 3.95. The Labute approximate surface area is 128 Å². The normalized spacial score (nSPS) is 10.4. The Hall–Kier alpha value is -0.510. The topological polar surface area (TPSA) is 9.23 Å². The molecular weight excluding hydrogens is 379 g/mol. The highest BCUT2D eigenvalue weighted by molar-refractivity contribution is 9.10. The van der Waals surface area contributed by atoms with Gasteiger partial charge >= 0.3 is 0 Å². The third-order valence-electron chi connectivity index (χ3n) is 2.55. The molecular formula is C14H11Br2ClO. The first kappa shape index (κ1) is 13.9. The van der Waals surface area contributed by atoms with Crippen LogP contribution in [0.4, 0.5) is 0 Å². The number of rotatable bonds is 3. The maximum atomic E-state index is 6.19. The number of aryl methyl sites for hydroxylation is 1. The van der Waals surface area contributed by atoms with Gasteiger partial charge in [0.05, 0.1) is 5.02 Å². The molecule has 2 aromatic rings. The number of ether oxygens (including phenoxy) is 1. The molecule has 0 spiro atoms. The fourth-order valence-corrected chi connectivity index (χ4v) is 2.58. The fourth-order valence-electron chi connectivity index (χ4n) is 1.57. The molecule has 4 heteroatoms. The van der Waals surface area contributed by atoms with Crippen LogP contribution in [-0.4, -0.2) is 0 Å². The molecule has 2 aromatic carbocycles. The summed E-state index contributed by atoms with van der Waals surface area (Å²) in [5.74, 6) is 1.51. The van der Waals surface area contributed by atoms with E-state index in [0.29, 0.717) is 16.1 Å². The Morgan fingerprint density at radius 3 is 2.72 bits per heavy atom. The second-order valence-corrected chi connectivity index (χ2v) is 5.76. The summed E-state index contributed by atoms with van der Waals surface area (Å²) < 4.78 is 6.93. The van der Waals surface area contributed by atoms with Crippen molar-refractivity contribution >= 4 is 43.5 Å². The predicted molar refractivity (Wildman–Crippen MR) is 83.0 cm³/mol. The molecule has 0 aliphatic carbocycles. The van der Waals surface area contributed by atoms with E-state index in [2.05, 4.69) is 31.9 Å². The Bertz CT molecular complexity index is 570. The van der Waals surface area contributed by atoms with Gasteiger partial charge in [-0.25, -0.2) is 0 Å². The lowest BCUT2D eigenvalue weighted by atomic mass is 10.2. The van der Waals surface area contributed by atoms with Gasteiger partial charge in [-0.3, -0.25) is 0 Å². The number of hydrogen-bond donors (Lipinski definition) is 0. The van der Waals surface area contributed by atoms with E-state index < -0.39 is 0 Å². The number of hydrogen-bond acceptors (Lipinski definition) is 1. The van der Waals surface area contributed by atoms with E-state index in [-0.39, 0.29) is 0 Å². The van der Waals surface area contributed by atoms with Crippen LogP contribution < -0.4 is 4.74 Å². The molecule has 0 bridgehead atoms. The fraction of sp³-hybridized carbons (Fsp3) is 0.143. The molecule has 0 aromatic heterocycles. The Morgan fingerprint density at radius 2 is 2.00 bits per heavy atom. The van der Waals surface area contributed by atoms with Crippen molar-refractivity contribution in [3.8, 4) is 11.5 Å². The highest BCUT2D eigenvalue weighted by Gasteiger charge is 2.10. The summed E-state index contributed by atoms with van der Waals surface area (Å²) in [7, 11) is 0. The van der Waals surface area contributed by atoms with Gasteiger partial charge < -0.3 is 4.74 Å². The predicted octanol–water partition coefficient (Wildman–Crippen LogP) is 6.10. The van der Waals surface area contributed by atoms with Crippen LogP contribution in [-0.2, 0) is 5.33 Å². The zero-order chi connectivity index (χ0) is 13.1. The molecule has 18 heavy (non-hydrogen) atoms. The second-order valence-electron chi connectivity index (χ2n) is 3.87. The van der Waals surface area contributed by atoms with Gasteiger partial charge in [-0.15, -0.1) is 0 Å². The van der Waals surface area contributed by atoms with Gasteiger partial charge in [0.1, 0.15) is 11.5 Å². The summed E-state index contributed by atoms with van der Waals surface area (Å²) in [6.45, 7) is 2.01. The summed E-state index contributed by atoms with van der Waals surface area (Å²) in [5.41, 5.74) is 2.10. The van der Waals surface area contributed by atoms with Gasteiger partial charge in [0.15, 0.2) is 0 Å². The molecule has 0 aliphatic rings. The van der Waals surface area contributed by atoms with E-state index in [0.717, 1.165) is 21.3 Å². The summed E-state index contributed by atoms with van der Waals surface area (Å²) in [4.78, 5) is 0. The lowest BCUT2D eigenvalue weighted by molar-refractivity contribution is 0.475. The van der Waals surface area contributed by atoms with Crippen LogP contribution in [0.15, 0.2) is 40.9 Å². The molecule has 1 nitrogen and oxygen atoms in total. The van der Waals surface area contributed by atoms with Crippen molar-refractivity contribution in [3.05, 3.63) is 57.0 Å². The van der Waals surface area contributed by atoms with Gasteiger partial charge in [-0.2, -0.15) is 0 Å². The third kappa shape index (κ3) is 3.08. The maximum absolute atomic E-state index is 6.19. The highest BCUT2D eigenvalue weighted by atomic mass is 79.9. The van der Waals surface area contributed by atoms with Crippen molar-refractivity contribution in [3.63, 3.8) is 0 Å². The summed E-state index contributed by atoms with van der Waals surface area (Å²) in [5, 5.41) is 1.32. The molecule has 0 aliphatic heterocycles. The van der Waals surface area contributed by atoms with Crippen molar-refractivity contribution in [1.82, 2.24) is 0 Å². The zero-order valence-corrected chi connectivity index (χ0v) is 13.6. The zero-order valence-electron chi connectivity index (χ0n) is 9.71. The van der Waals surface area contributed by atoms with Crippen molar-refractivity contribution in [2.75, 3.05) is 0 Å². The average molecular weight is 391 g/mol. The lowest BCUT2D eigenvalue weighted by Gasteiger charge is -2.13. The molecule has 0 saturated carbocycles. The van der Waals surface area contributed by atoms with Gasteiger partial charge in [0.25, 0.3) is 0 Å². The standard InChI is InChI=1S/C14H11Br2ClO/c1-9-5-6-11(16)7-13(9)18-14-10(8-15)3-2-4-12(14)17/h2-7H,8H2,1H3. The monoisotopic (exact) mass is 388 g/mol. The molecule has 0 fully saturated rings. The van der Waals surface area contributed by atoms with Crippen LogP contribution in [0.3, 0.4) is 0 Å². The second kappa shape index (κ2) is 6.09. The highest BCUT2D eigenvalue weighted by Crippen LogP contribution is 2.36. The van der Waals surface area contributed by atoms with Gasteiger partial charge in [-0.1, -0.05) is 61.7 Å². The van der Waals surface area contributed by atoms with Crippen molar-refractivity contribution in [2.45, 2.75) is 12.3 Å². The molecule has 0 N–H and O–H groups in total. The first-order chi connectivity index (χ1) is 8.61. The van der Waals surface area contributed by atoms with E-state index in [1.807, 2.05) is 43.3 Å². The van der Waals surface area contributed by atoms with Crippen LogP contribution >= 0.6 is 43.5 Å². The Morgan fingerprint density at radius 1 is 1.22 bits per heavy atom. The molecule has 0 unspecified atom stereocenters. The Kier molecular flexibility index (Phi) is 4.71. The van der Waals surface area contributed by atoms with E-state index >= 15 is 0 Å². The van der Waals surface area contributed by atoms with E-state index in [4.69, 9.17) is 16.3 Å². The van der Waals surface area contributed by atoms with Crippen LogP contribution in [0.5, 0.6) is 11.5 Å².